The van der Waals surface area contributed by atoms with Crippen molar-refractivity contribution < 1.29 is 42.3 Å². The molecule has 0 saturated heterocycles. The fourth-order valence-corrected chi connectivity index (χ4v) is 9.20. The van der Waals surface area contributed by atoms with E-state index in [1.165, 1.54) is 43.4 Å². The van der Waals surface area contributed by atoms with Gasteiger partial charge in [-0.1, -0.05) is 65.7 Å². The molecule has 4 aromatic carbocycles. The maximum Gasteiger partial charge on any atom is 0.269 e. The molecule has 8 rings (SSSR count). The van der Waals surface area contributed by atoms with E-state index in [0.717, 1.165) is 0 Å². The highest BCUT2D eigenvalue weighted by molar-refractivity contribution is 6.31. The van der Waals surface area contributed by atoms with Gasteiger partial charge in [0.25, 0.3) is 11.8 Å². The number of ether oxygens (including phenoxy) is 1. The van der Waals surface area contributed by atoms with Gasteiger partial charge in [-0.2, -0.15) is 10.2 Å². The molecule has 360 valence electrons. The molecule has 2 fully saturated rings. The molecule has 0 spiro atoms. The summed E-state index contributed by atoms with van der Waals surface area (Å²) in [6.07, 6.45) is 1.68. The van der Waals surface area contributed by atoms with Crippen molar-refractivity contribution in [2.75, 3.05) is 20.2 Å². The number of carbonyl (C=O) groups excluding carboxylic acids is 6. The number of aromatic nitrogens is 4. The third-order valence-corrected chi connectivity index (χ3v) is 13.1. The summed E-state index contributed by atoms with van der Waals surface area (Å²) in [6, 6.07) is 18.0. The number of carbonyl (C=O) groups is 6. The van der Waals surface area contributed by atoms with Crippen LogP contribution in [0, 0.1) is 11.6 Å². The second kappa shape index (κ2) is 20.3. The van der Waals surface area contributed by atoms with Crippen LogP contribution in [0.25, 0.3) is 32.9 Å². The molecule has 0 atom stereocenters. The average molecular weight is 987 g/mol. The highest BCUT2D eigenvalue weighted by Gasteiger charge is 2.38. The van der Waals surface area contributed by atoms with Crippen molar-refractivity contribution >= 4 is 80.5 Å². The first-order chi connectivity index (χ1) is 33.0. The Labute approximate surface area is 402 Å². The smallest absolute Gasteiger partial charge is 0.269 e. The summed E-state index contributed by atoms with van der Waals surface area (Å²) in [5.74, 6) is -5.33. The van der Waals surface area contributed by atoms with E-state index >= 15 is 4.39 Å². The maximum absolute atomic E-state index is 15.8. The number of primary amides is 2. The molecule has 0 bridgehead atoms. The van der Waals surface area contributed by atoms with E-state index in [4.69, 9.17) is 45.1 Å². The zero-order valence-electron chi connectivity index (χ0n) is 37.1. The van der Waals surface area contributed by atoms with Crippen molar-refractivity contribution in [2.45, 2.75) is 76.1 Å². The lowest BCUT2D eigenvalue weighted by Crippen LogP contribution is -2.55. The Balaban J connectivity index is 1.00. The lowest BCUT2D eigenvalue weighted by atomic mass is 9.86. The number of fused-ring (bicyclic) bond motifs is 2. The lowest BCUT2D eigenvalue weighted by molar-refractivity contribution is -0.144. The molecule has 0 radical (unpaired) electrons. The zero-order valence-corrected chi connectivity index (χ0v) is 38.6. The number of rotatable bonds is 18. The van der Waals surface area contributed by atoms with Gasteiger partial charge in [-0.05, 0) is 67.1 Å². The van der Waals surface area contributed by atoms with Gasteiger partial charge in [-0.3, -0.25) is 38.1 Å². The Morgan fingerprint density at radius 2 is 1.26 bits per heavy atom. The molecule has 18 nitrogen and oxygen atoms in total. The number of methoxy groups -OCH3 is 1. The second-order valence-corrected chi connectivity index (χ2v) is 17.9. The second-order valence-electron chi connectivity index (χ2n) is 17.1. The molecular formula is C47H47Cl2F2N11O7. The average Bonchev–Trinajstić information content (AvgIpc) is 3.86. The Hall–Kier alpha value is -7.00. The minimum absolute atomic E-state index is 0.000352. The van der Waals surface area contributed by atoms with Crippen molar-refractivity contribution in [1.82, 2.24) is 40.0 Å². The van der Waals surface area contributed by atoms with E-state index < -0.39 is 60.2 Å². The van der Waals surface area contributed by atoms with E-state index in [-0.39, 0.29) is 88.4 Å². The predicted molar refractivity (Wildman–Crippen MR) is 250 cm³/mol. The van der Waals surface area contributed by atoms with Crippen LogP contribution in [0.1, 0.15) is 57.8 Å². The monoisotopic (exact) mass is 985 g/mol. The first-order valence-electron chi connectivity index (χ1n) is 21.9. The number of nitrogens with two attached hydrogens (primary N) is 3. The summed E-state index contributed by atoms with van der Waals surface area (Å²) < 4.78 is 38.4. The lowest BCUT2D eigenvalue weighted by Gasteiger charge is -2.41. The van der Waals surface area contributed by atoms with E-state index in [0.29, 0.717) is 53.2 Å². The highest BCUT2D eigenvalue weighted by Crippen LogP contribution is 2.36. The molecule has 2 aliphatic rings. The molecule has 22 heteroatoms. The van der Waals surface area contributed by atoms with Crippen molar-refractivity contribution in [2.24, 2.45) is 17.2 Å². The van der Waals surface area contributed by atoms with Crippen LogP contribution < -0.4 is 27.8 Å². The largest absolute Gasteiger partial charge is 0.381 e. The van der Waals surface area contributed by atoms with Crippen LogP contribution >= 0.6 is 23.2 Å². The van der Waals surface area contributed by atoms with E-state index in [9.17, 15) is 33.2 Å². The van der Waals surface area contributed by atoms with Gasteiger partial charge in [0.1, 0.15) is 24.7 Å². The van der Waals surface area contributed by atoms with Gasteiger partial charge >= 0.3 is 0 Å². The molecule has 2 aliphatic carbocycles. The van der Waals surface area contributed by atoms with E-state index in [1.807, 2.05) is 0 Å². The molecule has 69 heavy (non-hydrogen) atoms. The van der Waals surface area contributed by atoms with E-state index in [2.05, 4.69) is 20.8 Å². The molecule has 0 unspecified atom stereocenters. The third-order valence-electron chi connectivity index (χ3n) is 12.6. The molecule has 6 amide bonds. The number of halogens is 4. The van der Waals surface area contributed by atoms with Crippen LogP contribution in [0.15, 0.2) is 72.8 Å². The fourth-order valence-electron chi connectivity index (χ4n) is 8.77. The topological polar surface area (TPSA) is 256 Å². The van der Waals surface area contributed by atoms with Gasteiger partial charge in [-0.25, -0.2) is 8.78 Å². The number of hydrogen-bond acceptors (Lipinski definition) is 10. The fraction of sp³-hybridized carbons (Fsp3) is 0.319. The maximum atomic E-state index is 15.8. The minimum atomic E-state index is -0.925. The van der Waals surface area contributed by atoms with Gasteiger partial charge in [0.15, 0.2) is 11.4 Å². The highest BCUT2D eigenvalue weighted by atomic mass is 35.5. The number of hydrogen-bond donors (Lipinski definition) is 5. The Bertz CT molecular complexity index is 3030. The summed E-state index contributed by atoms with van der Waals surface area (Å²) in [7, 11) is 1.55. The van der Waals surface area contributed by atoms with Gasteiger partial charge in [0, 0.05) is 60.2 Å². The number of para-hydroxylation sites is 1. The Kier molecular flexibility index (Phi) is 14.3. The number of amides is 6. The molecular weight excluding hydrogens is 939 g/mol. The third kappa shape index (κ3) is 10.2. The molecule has 2 aromatic heterocycles. The predicted octanol–water partition coefficient (Wildman–Crippen LogP) is 3.79. The number of benzene rings is 4. The summed E-state index contributed by atoms with van der Waals surface area (Å²) in [5.41, 5.74) is 18.9. The molecule has 2 heterocycles. The van der Waals surface area contributed by atoms with Gasteiger partial charge in [0.2, 0.25) is 23.6 Å². The summed E-state index contributed by atoms with van der Waals surface area (Å²) in [4.78, 5) is 82.6. The zero-order chi connectivity index (χ0) is 49.3. The van der Waals surface area contributed by atoms with Gasteiger partial charge < -0.3 is 42.4 Å². The molecule has 8 N–H and O–H groups in total. The standard InChI is InChI=1S/C47H47Cl2F2N11O7/c1-69-30-16-29(17-30)60(21-37(63)55-18-24-6-4-9-33(48)42(24)50)40(66)23-62-36-11-5-8-31(41(36)45(58-62)47(54)68)25-12-26(43(51)34(49)13-25)19-56-38(64)20-59(28-14-27(52)15-28)39(65)22-61-35-10-3-2-7-32(35)44(57-61)46(53)67/h2-13,27-30H,14-23,52H2,1H3,(H2,53,67)(H2,54,68)(H,55,63)(H,56,64)/t27-,28-,29-,30-. The van der Waals surface area contributed by atoms with Gasteiger partial charge in [0.05, 0.1) is 40.3 Å². The minimum Gasteiger partial charge on any atom is -0.381 e. The SMILES string of the molecule is CO[C@H]1C[C@H](N(CC(=O)NCc2cccc(Cl)c2F)C(=O)Cn2nc(C(N)=O)c3c(-c4cc(Cl)c(F)c(CNC(=O)CN(C(=O)Cn5nc(C(N)=O)c6ccccc65)[C@H]5C[C@H](N)C5)c4)cccc32)C1. The van der Waals surface area contributed by atoms with Crippen LogP contribution in [0.3, 0.4) is 0 Å². The summed E-state index contributed by atoms with van der Waals surface area (Å²) in [5, 5.41) is 14.3. The van der Waals surface area contributed by atoms with Crippen LogP contribution in [0.2, 0.25) is 10.0 Å². The van der Waals surface area contributed by atoms with Crippen molar-refractivity contribution in [3.05, 3.63) is 117 Å². The van der Waals surface area contributed by atoms with Gasteiger partial charge in [-0.15, -0.1) is 0 Å². The Morgan fingerprint density at radius 3 is 1.88 bits per heavy atom. The van der Waals surface area contributed by atoms with Crippen LogP contribution in [0.4, 0.5) is 8.78 Å². The first-order valence-corrected chi connectivity index (χ1v) is 22.6. The van der Waals surface area contributed by atoms with Crippen molar-refractivity contribution in [1.29, 1.82) is 0 Å². The van der Waals surface area contributed by atoms with Crippen molar-refractivity contribution in [3.8, 4) is 11.1 Å². The van der Waals surface area contributed by atoms with E-state index in [1.54, 1.807) is 55.6 Å². The number of nitrogens with zero attached hydrogens (tertiary/aromatic N) is 6. The summed E-state index contributed by atoms with van der Waals surface area (Å²) >= 11 is 12.4. The van der Waals surface area contributed by atoms with Crippen molar-refractivity contribution in [3.63, 3.8) is 0 Å². The molecule has 0 aliphatic heterocycles. The quantitative estimate of drug-likeness (QED) is 0.0833. The van der Waals surface area contributed by atoms with Crippen LogP contribution in [-0.4, -0.2) is 109 Å². The molecule has 2 saturated carbocycles. The normalized spacial score (nSPS) is 17.5. The Morgan fingerprint density at radius 1 is 0.710 bits per heavy atom. The first kappa shape index (κ1) is 48.5. The number of nitrogens with one attached hydrogen (secondary N) is 2. The molecule has 6 aromatic rings. The van der Waals surface area contributed by atoms with Crippen LogP contribution in [-0.2, 0) is 50.1 Å². The summed E-state index contributed by atoms with van der Waals surface area (Å²) in [6.45, 7) is -2.01. The van der Waals surface area contributed by atoms with Crippen LogP contribution in [0.5, 0.6) is 0 Å².